The second-order valence-corrected chi connectivity index (χ2v) is 10.3. The first-order chi connectivity index (χ1) is 16.6. The number of ether oxygens (including phenoxy) is 1. The van der Waals surface area contributed by atoms with Crippen LogP contribution in [0.5, 0.6) is 5.75 Å². The second-order valence-electron chi connectivity index (χ2n) is 8.27. The summed E-state index contributed by atoms with van der Waals surface area (Å²) in [4.78, 5) is 20.8. The van der Waals surface area contributed by atoms with Crippen molar-refractivity contribution in [3.63, 3.8) is 0 Å². The number of nitrogens with zero attached hydrogens (tertiary/aromatic N) is 4. The number of nitrogens with one attached hydrogen (secondary N) is 1. The summed E-state index contributed by atoms with van der Waals surface area (Å²) in [6.45, 7) is 3.78. The average molecular weight is 494 g/mol. The SMILES string of the molecule is COc1ccc(-n2nc(C)c3sc(N4CCC(NC(=O)CSc5ccccc5)CC4)nc32)cc1. The van der Waals surface area contributed by atoms with Crippen molar-refractivity contribution in [2.24, 2.45) is 0 Å². The largest absolute Gasteiger partial charge is 0.497 e. The van der Waals surface area contributed by atoms with Gasteiger partial charge in [-0.15, -0.1) is 11.8 Å². The van der Waals surface area contributed by atoms with Crippen LogP contribution in [0.1, 0.15) is 18.5 Å². The Kier molecular flexibility index (Phi) is 6.73. The Morgan fingerprint density at radius 2 is 1.88 bits per heavy atom. The lowest BCUT2D eigenvalue weighted by Crippen LogP contribution is -2.45. The first-order valence-corrected chi connectivity index (χ1v) is 13.1. The highest BCUT2D eigenvalue weighted by Crippen LogP contribution is 2.34. The number of rotatable bonds is 7. The molecule has 4 aromatic rings. The van der Waals surface area contributed by atoms with E-state index in [4.69, 9.17) is 14.8 Å². The first-order valence-electron chi connectivity index (χ1n) is 11.3. The Morgan fingerprint density at radius 1 is 1.15 bits per heavy atom. The molecule has 34 heavy (non-hydrogen) atoms. The van der Waals surface area contributed by atoms with Gasteiger partial charge in [0.05, 0.1) is 28.9 Å². The monoisotopic (exact) mass is 493 g/mol. The van der Waals surface area contributed by atoms with E-state index < -0.39 is 0 Å². The van der Waals surface area contributed by atoms with Crippen LogP contribution < -0.4 is 15.0 Å². The molecule has 9 heteroatoms. The number of amides is 1. The van der Waals surface area contributed by atoms with Crippen LogP contribution in [0.4, 0.5) is 5.13 Å². The zero-order chi connectivity index (χ0) is 23.5. The van der Waals surface area contributed by atoms with E-state index in [-0.39, 0.29) is 11.9 Å². The van der Waals surface area contributed by atoms with E-state index in [2.05, 4.69) is 10.2 Å². The maximum absolute atomic E-state index is 12.4. The Balaban J connectivity index is 1.20. The van der Waals surface area contributed by atoms with Crippen molar-refractivity contribution in [2.75, 3.05) is 30.9 Å². The van der Waals surface area contributed by atoms with Crippen LogP contribution in [0, 0.1) is 6.92 Å². The smallest absolute Gasteiger partial charge is 0.230 e. The highest BCUT2D eigenvalue weighted by atomic mass is 32.2. The highest BCUT2D eigenvalue weighted by Gasteiger charge is 2.24. The number of benzene rings is 2. The lowest BCUT2D eigenvalue weighted by Gasteiger charge is -2.32. The van der Waals surface area contributed by atoms with Crippen LogP contribution in [0.25, 0.3) is 16.0 Å². The lowest BCUT2D eigenvalue weighted by atomic mass is 10.1. The van der Waals surface area contributed by atoms with Crippen molar-refractivity contribution >= 4 is 44.5 Å². The van der Waals surface area contributed by atoms with Gasteiger partial charge in [0, 0.05) is 24.0 Å². The molecular weight excluding hydrogens is 466 g/mol. The molecule has 1 aliphatic heterocycles. The van der Waals surface area contributed by atoms with E-state index in [9.17, 15) is 4.79 Å². The van der Waals surface area contributed by atoms with E-state index >= 15 is 0 Å². The molecule has 5 rings (SSSR count). The third-order valence-electron chi connectivity index (χ3n) is 5.94. The summed E-state index contributed by atoms with van der Waals surface area (Å²) in [6, 6.07) is 18.1. The fraction of sp³-hybridized carbons (Fsp3) is 0.320. The molecule has 0 spiro atoms. The summed E-state index contributed by atoms with van der Waals surface area (Å²) in [5.74, 6) is 1.36. The lowest BCUT2D eigenvalue weighted by molar-refractivity contribution is -0.119. The van der Waals surface area contributed by atoms with E-state index in [1.165, 1.54) is 0 Å². The molecule has 1 saturated heterocycles. The molecule has 0 unspecified atom stereocenters. The number of fused-ring (bicyclic) bond motifs is 1. The van der Waals surface area contributed by atoms with Gasteiger partial charge >= 0.3 is 0 Å². The maximum atomic E-state index is 12.4. The van der Waals surface area contributed by atoms with Gasteiger partial charge in [-0.3, -0.25) is 4.79 Å². The molecule has 2 aromatic heterocycles. The predicted molar refractivity (Wildman–Crippen MR) is 139 cm³/mol. The molecule has 2 aromatic carbocycles. The minimum absolute atomic E-state index is 0.0995. The Hall–Kier alpha value is -3.04. The number of methoxy groups -OCH3 is 1. The van der Waals surface area contributed by atoms with Crippen molar-refractivity contribution in [3.05, 3.63) is 60.3 Å². The summed E-state index contributed by atoms with van der Waals surface area (Å²) >= 11 is 3.27. The third-order valence-corrected chi connectivity index (χ3v) is 8.16. The van der Waals surface area contributed by atoms with Gasteiger partial charge in [-0.25, -0.2) is 4.68 Å². The number of aryl methyl sites for hydroxylation is 1. The fourth-order valence-electron chi connectivity index (χ4n) is 4.11. The number of hydrogen-bond donors (Lipinski definition) is 1. The van der Waals surface area contributed by atoms with E-state index in [1.54, 1.807) is 30.2 Å². The van der Waals surface area contributed by atoms with Gasteiger partial charge in [0.15, 0.2) is 10.8 Å². The van der Waals surface area contributed by atoms with Gasteiger partial charge in [0.1, 0.15) is 5.75 Å². The van der Waals surface area contributed by atoms with Crippen LogP contribution in [0.3, 0.4) is 0 Å². The van der Waals surface area contributed by atoms with Gasteiger partial charge in [0.2, 0.25) is 5.91 Å². The van der Waals surface area contributed by atoms with Gasteiger partial charge in [-0.2, -0.15) is 10.1 Å². The summed E-state index contributed by atoms with van der Waals surface area (Å²) in [7, 11) is 1.66. The molecule has 1 fully saturated rings. The number of thioether (sulfide) groups is 1. The molecule has 3 heterocycles. The van der Waals surface area contributed by atoms with Gasteiger partial charge in [-0.1, -0.05) is 29.5 Å². The van der Waals surface area contributed by atoms with Crippen molar-refractivity contribution < 1.29 is 9.53 Å². The molecule has 1 N–H and O–H groups in total. The molecule has 0 saturated carbocycles. The summed E-state index contributed by atoms with van der Waals surface area (Å²) in [5.41, 5.74) is 2.83. The minimum Gasteiger partial charge on any atom is -0.497 e. The third kappa shape index (κ3) is 4.90. The normalized spacial score (nSPS) is 14.5. The highest BCUT2D eigenvalue weighted by molar-refractivity contribution is 8.00. The number of thiazole rings is 1. The molecule has 0 aliphatic carbocycles. The van der Waals surface area contributed by atoms with Crippen LogP contribution in [0.15, 0.2) is 59.5 Å². The molecule has 7 nitrogen and oxygen atoms in total. The van der Waals surface area contributed by atoms with Crippen molar-refractivity contribution in [1.82, 2.24) is 20.1 Å². The van der Waals surface area contributed by atoms with Crippen LogP contribution in [-0.4, -0.2) is 52.7 Å². The summed E-state index contributed by atoms with van der Waals surface area (Å²) in [6.07, 6.45) is 1.84. The Morgan fingerprint density at radius 3 is 2.59 bits per heavy atom. The van der Waals surface area contributed by atoms with E-state index in [0.29, 0.717) is 5.75 Å². The van der Waals surface area contributed by atoms with Gasteiger partial charge in [-0.05, 0) is 56.2 Å². The first kappa shape index (κ1) is 22.7. The van der Waals surface area contributed by atoms with Gasteiger partial charge < -0.3 is 15.0 Å². The van der Waals surface area contributed by atoms with Crippen LogP contribution in [0.2, 0.25) is 0 Å². The summed E-state index contributed by atoms with van der Waals surface area (Å²) < 4.78 is 8.28. The van der Waals surface area contributed by atoms with Crippen LogP contribution >= 0.6 is 23.1 Å². The van der Waals surface area contributed by atoms with E-state index in [0.717, 1.165) is 63.4 Å². The fourth-order valence-corrected chi connectivity index (χ4v) is 5.88. The zero-order valence-electron chi connectivity index (χ0n) is 19.2. The number of aromatic nitrogens is 3. The topological polar surface area (TPSA) is 72.3 Å². The minimum atomic E-state index is 0.0995. The second kappa shape index (κ2) is 10.1. The molecule has 0 bridgehead atoms. The van der Waals surface area contributed by atoms with Crippen molar-refractivity contribution in [1.29, 1.82) is 0 Å². The standard InChI is InChI=1S/C25H27N5O2S2/c1-17-23-24(30(28-17)19-8-10-20(32-2)11-9-19)27-25(34-23)29-14-12-18(13-15-29)26-22(31)16-33-21-6-4-3-5-7-21/h3-11,18H,12-16H2,1-2H3,(H,26,31). The number of anilines is 1. The summed E-state index contributed by atoms with van der Waals surface area (Å²) in [5, 5.41) is 8.92. The van der Waals surface area contributed by atoms with E-state index in [1.807, 2.05) is 66.2 Å². The van der Waals surface area contributed by atoms with Crippen molar-refractivity contribution in [3.8, 4) is 11.4 Å². The molecule has 176 valence electrons. The number of carbonyl (C=O) groups excluding carboxylic acids is 1. The Bertz CT molecular complexity index is 1260. The number of hydrogen-bond acceptors (Lipinski definition) is 7. The molecule has 1 amide bonds. The number of piperidine rings is 1. The van der Waals surface area contributed by atoms with Crippen LogP contribution in [-0.2, 0) is 4.79 Å². The quantitative estimate of drug-likeness (QED) is 0.377. The molecule has 0 atom stereocenters. The zero-order valence-corrected chi connectivity index (χ0v) is 20.9. The average Bonchev–Trinajstić information content (AvgIpc) is 3.44. The molecule has 0 radical (unpaired) electrons. The Labute approximate surface area is 207 Å². The molecular formula is C25H27N5O2S2. The predicted octanol–water partition coefficient (Wildman–Crippen LogP) is 4.68. The van der Waals surface area contributed by atoms with Crippen molar-refractivity contribution in [2.45, 2.75) is 30.7 Å². The van der Waals surface area contributed by atoms with Gasteiger partial charge in [0.25, 0.3) is 0 Å². The maximum Gasteiger partial charge on any atom is 0.230 e. The number of carbonyl (C=O) groups is 1. The molecule has 1 aliphatic rings.